The number of nitrogens with zero attached hydrogens (tertiary/aromatic N) is 2. The highest BCUT2D eigenvalue weighted by Gasteiger charge is 2.28. The van der Waals surface area contributed by atoms with Crippen LogP contribution in [0.4, 0.5) is 11.4 Å². The number of nitrogens with one attached hydrogen (secondary N) is 1. The summed E-state index contributed by atoms with van der Waals surface area (Å²) in [5.74, 6) is -0.130. The minimum atomic E-state index is -0.472. The minimum Gasteiger partial charge on any atom is -0.385 e. The molecule has 1 heterocycles. The molecule has 6 nitrogen and oxygen atoms in total. The Hall–Kier alpha value is -2.11. The molecule has 2 rings (SSSR count). The predicted octanol–water partition coefficient (Wildman–Crippen LogP) is 2.65. The van der Waals surface area contributed by atoms with Crippen molar-refractivity contribution in [2.75, 3.05) is 18.4 Å². The van der Waals surface area contributed by atoms with Crippen LogP contribution in [0.3, 0.4) is 0 Å². The summed E-state index contributed by atoms with van der Waals surface area (Å²) in [6, 6.07) is 4.58. The topological polar surface area (TPSA) is 75.5 Å². The van der Waals surface area contributed by atoms with Crippen LogP contribution >= 0.6 is 0 Å². The van der Waals surface area contributed by atoms with Gasteiger partial charge in [-0.15, -0.1) is 0 Å². The molecule has 1 unspecified atom stereocenters. The van der Waals surface area contributed by atoms with Gasteiger partial charge in [-0.3, -0.25) is 14.9 Å². The van der Waals surface area contributed by atoms with Crippen molar-refractivity contribution in [1.82, 2.24) is 4.90 Å². The zero-order chi connectivity index (χ0) is 14.7. The third kappa shape index (κ3) is 2.74. The standard InChI is InChI=1S/C14H19N3O3/c1-3-15-13-7-6-11(17(19)20)9-12(13)14(18)16-8-4-5-10(16)2/h6-7,9-10,15H,3-5,8H2,1-2H3. The Bertz CT molecular complexity index is 530. The van der Waals surface area contributed by atoms with Gasteiger partial charge in [-0.05, 0) is 32.8 Å². The highest BCUT2D eigenvalue weighted by Crippen LogP contribution is 2.26. The number of nitro benzene ring substituents is 1. The van der Waals surface area contributed by atoms with E-state index in [4.69, 9.17) is 0 Å². The second kappa shape index (κ2) is 5.90. The van der Waals surface area contributed by atoms with Crippen LogP contribution in [0.1, 0.15) is 37.0 Å². The predicted molar refractivity (Wildman–Crippen MR) is 77.0 cm³/mol. The van der Waals surface area contributed by atoms with Gasteiger partial charge in [-0.1, -0.05) is 0 Å². The molecule has 1 atom stereocenters. The lowest BCUT2D eigenvalue weighted by atomic mass is 10.1. The summed E-state index contributed by atoms with van der Waals surface area (Å²) in [6.07, 6.45) is 1.97. The molecule has 0 bridgehead atoms. The van der Waals surface area contributed by atoms with E-state index >= 15 is 0 Å². The van der Waals surface area contributed by atoms with Gasteiger partial charge in [0.15, 0.2) is 0 Å². The molecule has 6 heteroatoms. The van der Waals surface area contributed by atoms with Gasteiger partial charge in [-0.2, -0.15) is 0 Å². The third-order valence-corrected chi connectivity index (χ3v) is 3.63. The van der Waals surface area contributed by atoms with E-state index in [-0.39, 0.29) is 17.6 Å². The van der Waals surface area contributed by atoms with Crippen LogP contribution in [0.15, 0.2) is 18.2 Å². The zero-order valence-electron chi connectivity index (χ0n) is 11.8. The van der Waals surface area contributed by atoms with Crippen LogP contribution in [0, 0.1) is 10.1 Å². The number of nitro groups is 1. The van der Waals surface area contributed by atoms with Crippen molar-refractivity contribution in [3.8, 4) is 0 Å². The number of hydrogen-bond donors (Lipinski definition) is 1. The van der Waals surface area contributed by atoms with Gasteiger partial charge in [0.25, 0.3) is 11.6 Å². The fraction of sp³-hybridized carbons (Fsp3) is 0.500. The van der Waals surface area contributed by atoms with Crippen LogP contribution in [-0.4, -0.2) is 34.9 Å². The fourth-order valence-electron chi connectivity index (χ4n) is 2.56. The van der Waals surface area contributed by atoms with Gasteiger partial charge in [0.05, 0.1) is 10.5 Å². The number of rotatable bonds is 4. The maximum atomic E-state index is 12.6. The number of anilines is 1. The number of hydrogen-bond acceptors (Lipinski definition) is 4. The lowest BCUT2D eigenvalue weighted by molar-refractivity contribution is -0.384. The number of benzene rings is 1. The van der Waals surface area contributed by atoms with Crippen molar-refractivity contribution in [1.29, 1.82) is 0 Å². The Kier molecular flexibility index (Phi) is 4.22. The number of non-ortho nitro benzene ring substituents is 1. The highest BCUT2D eigenvalue weighted by molar-refractivity contribution is 6.00. The van der Waals surface area contributed by atoms with E-state index in [0.29, 0.717) is 24.3 Å². The van der Waals surface area contributed by atoms with Crippen molar-refractivity contribution < 1.29 is 9.72 Å². The van der Waals surface area contributed by atoms with E-state index in [9.17, 15) is 14.9 Å². The molecule has 1 aliphatic heterocycles. The number of carbonyl (C=O) groups excluding carboxylic acids is 1. The summed E-state index contributed by atoms with van der Waals surface area (Å²) in [4.78, 5) is 24.8. The average molecular weight is 277 g/mol. The van der Waals surface area contributed by atoms with Gasteiger partial charge in [0.2, 0.25) is 0 Å². The summed E-state index contributed by atoms with van der Waals surface area (Å²) in [7, 11) is 0. The molecule has 1 aromatic carbocycles. The molecule has 1 fully saturated rings. The van der Waals surface area contributed by atoms with Gasteiger partial charge >= 0.3 is 0 Å². The van der Waals surface area contributed by atoms with E-state index in [0.717, 1.165) is 12.8 Å². The Labute approximate surface area is 117 Å². The summed E-state index contributed by atoms with van der Waals surface area (Å²) >= 11 is 0. The highest BCUT2D eigenvalue weighted by atomic mass is 16.6. The first-order valence-corrected chi connectivity index (χ1v) is 6.88. The smallest absolute Gasteiger partial charge is 0.270 e. The minimum absolute atomic E-state index is 0.0538. The van der Waals surface area contributed by atoms with Crippen LogP contribution in [-0.2, 0) is 0 Å². The first kappa shape index (κ1) is 14.3. The summed E-state index contributed by atoms with van der Waals surface area (Å²) < 4.78 is 0. The van der Waals surface area contributed by atoms with Crippen LogP contribution < -0.4 is 5.32 Å². The van der Waals surface area contributed by atoms with Crippen LogP contribution in [0.5, 0.6) is 0 Å². The SMILES string of the molecule is CCNc1ccc([N+](=O)[O-])cc1C(=O)N1CCCC1C. The summed E-state index contributed by atoms with van der Waals surface area (Å²) in [6.45, 7) is 5.31. The Balaban J connectivity index is 2.38. The molecule has 1 amide bonds. The third-order valence-electron chi connectivity index (χ3n) is 3.63. The molecule has 1 aliphatic rings. The van der Waals surface area contributed by atoms with Crippen molar-refractivity contribution in [2.24, 2.45) is 0 Å². The van der Waals surface area contributed by atoms with Gasteiger partial charge in [-0.25, -0.2) is 0 Å². The molecular formula is C14H19N3O3. The Morgan fingerprint density at radius 1 is 1.55 bits per heavy atom. The Morgan fingerprint density at radius 2 is 2.30 bits per heavy atom. The second-order valence-corrected chi connectivity index (χ2v) is 5.01. The molecule has 0 radical (unpaired) electrons. The molecule has 1 aromatic rings. The maximum Gasteiger partial charge on any atom is 0.270 e. The summed E-state index contributed by atoms with van der Waals surface area (Å²) in [5.41, 5.74) is 0.985. The maximum absolute atomic E-state index is 12.6. The largest absolute Gasteiger partial charge is 0.385 e. The molecule has 1 saturated heterocycles. The lowest BCUT2D eigenvalue weighted by Crippen LogP contribution is -2.34. The van der Waals surface area contributed by atoms with Crippen molar-refractivity contribution in [2.45, 2.75) is 32.7 Å². The molecule has 108 valence electrons. The van der Waals surface area contributed by atoms with E-state index in [1.54, 1.807) is 11.0 Å². The van der Waals surface area contributed by atoms with E-state index in [1.165, 1.54) is 12.1 Å². The normalized spacial score (nSPS) is 18.1. The van der Waals surface area contributed by atoms with Crippen molar-refractivity contribution in [3.63, 3.8) is 0 Å². The molecular weight excluding hydrogens is 258 g/mol. The van der Waals surface area contributed by atoms with Crippen molar-refractivity contribution >= 4 is 17.3 Å². The number of likely N-dealkylation sites (tertiary alicyclic amines) is 1. The molecule has 0 spiro atoms. The van der Waals surface area contributed by atoms with E-state index in [1.807, 2.05) is 13.8 Å². The monoisotopic (exact) mass is 277 g/mol. The molecule has 1 N–H and O–H groups in total. The Morgan fingerprint density at radius 3 is 2.85 bits per heavy atom. The molecule has 0 aliphatic carbocycles. The zero-order valence-corrected chi connectivity index (χ0v) is 11.8. The van der Waals surface area contributed by atoms with Crippen LogP contribution in [0.2, 0.25) is 0 Å². The molecule has 0 saturated carbocycles. The first-order valence-electron chi connectivity index (χ1n) is 6.88. The van der Waals surface area contributed by atoms with Gasteiger partial charge in [0, 0.05) is 37.0 Å². The molecule has 0 aromatic heterocycles. The quantitative estimate of drug-likeness (QED) is 0.678. The van der Waals surface area contributed by atoms with Crippen LogP contribution in [0.25, 0.3) is 0 Å². The van der Waals surface area contributed by atoms with E-state index < -0.39 is 4.92 Å². The lowest BCUT2D eigenvalue weighted by Gasteiger charge is -2.22. The molecule has 20 heavy (non-hydrogen) atoms. The van der Waals surface area contributed by atoms with Crippen molar-refractivity contribution in [3.05, 3.63) is 33.9 Å². The van der Waals surface area contributed by atoms with E-state index in [2.05, 4.69) is 5.32 Å². The fourth-order valence-corrected chi connectivity index (χ4v) is 2.56. The van der Waals surface area contributed by atoms with Gasteiger partial charge < -0.3 is 10.2 Å². The number of amides is 1. The second-order valence-electron chi connectivity index (χ2n) is 5.01. The van der Waals surface area contributed by atoms with Gasteiger partial charge in [0.1, 0.15) is 0 Å². The summed E-state index contributed by atoms with van der Waals surface area (Å²) in [5, 5.41) is 14.0. The first-order chi connectivity index (χ1) is 9.54. The average Bonchev–Trinajstić information content (AvgIpc) is 2.84. The number of carbonyl (C=O) groups is 1.